The summed E-state index contributed by atoms with van der Waals surface area (Å²) < 4.78 is 7.14. The van der Waals surface area contributed by atoms with Crippen molar-refractivity contribution in [3.63, 3.8) is 0 Å². The van der Waals surface area contributed by atoms with E-state index in [4.69, 9.17) is 4.74 Å². The Bertz CT molecular complexity index is 302. The van der Waals surface area contributed by atoms with E-state index in [0.717, 1.165) is 31.7 Å². The van der Waals surface area contributed by atoms with Crippen LogP contribution in [0.2, 0.25) is 0 Å². The van der Waals surface area contributed by atoms with Crippen molar-refractivity contribution in [1.82, 2.24) is 5.32 Å². The lowest BCUT2D eigenvalue weighted by Gasteiger charge is -2.24. The lowest BCUT2D eigenvalue weighted by molar-refractivity contribution is 0.161. The van der Waals surface area contributed by atoms with Gasteiger partial charge in [0, 0.05) is 0 Å². The minimum Gasteiger partial charge on any atom is -0.489 e. The first-order valence-corrected chi connectivity index (χ1v) is 6.06. The highest BCUT2D eigenvalue weighted by Gasteiger charge is 2.14. The molecule has 2 nitrogen and oxygen atoms in total. The van der Waals surface area contributed by atoms with Gasteiger partial charge in [0.15, 0.2) is 0 Å². The summed E-state index contributed by atoms with van der Waals surface area (Å²) in [5, 5.41) is 3.33. The second kappa shape index (κ2) is 6.55. The van der Waals surface area contributed by atoms with Gasteiger partial charge in [-0.25, -0.2) is 0 Å². The summed E-state index contributed by atoms with van der Waals surface area (Å²) in [5.41, 5.74) is 0. The van der Waals surface area contributed by atoms with Crippen molar-refractivity contribution in [2.45, 2.75) is 18.9 Å². The quantitative estimate of drug-likeness (QED) is 0.837. The first-order chi connectivity index (χ1) is 6.86. The number of hydrogen-bond acceptors (Lipinski definition) is 2. The van der Waals surface area contributed by atoms with Gasteiger partial charge in [-0.05, 0) is 60.7 Å². The predicted molar refractivity (Wildman–Crippen MR) is 72.9 cm³/mol. The molecule has 15 heavy (non-hydrogen) atoms. The van der Waals surface area contributed by atoms with E-state index in [1.807, 2.05) is 18.2 Å². The summed E-state index contributed by atoms with van der Waals surface area (Å²) in [5.74, 6) is 1.03. The molecular formula is C11H15ClINO. The van der Waals surface area contributed by atoms with Crippen molar-refractivity contribution in [2.75, 3.05) is 13.1 Å². The van der Waals surface area contributed by atoms with Crippen molar-refractivity contribution < 1.29 is 4.74 Å². The summed E-state index contributed by atoms with van der Waals surface area (Å²) >= 11 is 2.32. The van der Waals surface area contributed by atoms with Gasteiger partial charge in [0.25, 0.3) is 0 Å². The number of rotatable bonds is 2. The summed E-state index contributed by atoms with van der Waals surface area (Å²) in [4.78, 5) is 0. The number of piperidine rings is 1. The van der Waals surface area contributed by atoms with E-state index in [0.29, 0.717) is 6.10 Å². The van der Waals surface area contributed by atoms with Gasteiger partial charge in [-0.15, -0.1) is 12.4 Å². The Morgan fingerprint density at radius 3 is 2.53 bits per heavy atom. The molecule has 0 saturated carbocycles. The maximum Gasteiger partial charge on any atom is 0.133 e. The van der Waals surface area contributed by atoms with Crippen LogP contribution in [0.25, 0.3) is 0 Å². The van der Waals surface area contributed by atoms with Gasteiger partial charge in [-0.3, -0.25) is 0 Å². The third-order valence-electron chi connectivity index (χ3n) is 2.42. The SMILES string of the molecule is Cl.Ic1ccccc1OC1CCNCC1. The smallest absolute Gasteiger partial charge is 0.133 e. The van der Waals surface area contributed by atoms with E-state index >= 15 is 0 Å². The first kappa shape index (κ1) is 13.1. The van der Waals surface area contributed by atoms with Crippen LogP contribution in [-0.4, -0.2) is 19.2 Å². The van der Waals surface area contributed by atoms with Crippen molar-refractivity contribution in [3.05, 3.63) is 27.8 Å². The number of benzene rings is 1. The fraction of sp³-hybridized carbons (Fsp3) is 0.455. The molecule has 1 heterocycles. The van der Waals surface area contributed by atoms with E-state index in [-0.39, 0.29) is 12.4 Å². The third kappa shape index (κ3) is 3.81. The molecule has 2 rings (SSSR count). The normalized spacial score (nSPS) is 16.9. The van der Waals surface area contributed by atoms with Crippen molar-refractivity contribution >= 4 is 35.0 Å². The van der Waals surface area contributed by atoms with Crippen LogP contribution >= 0.6 is 35.0 Å². The van der Waals surface area contributed by atoms with Crippen molar-refractivity contribution in [2.24, 2.45) is 0 Å². The average molecular weight is 340 g/mol. The standard InChI is InChI=1S/C11H14INO.ClH/c12-10-3-1-2-4-11(10)14-9-5-7-13-8-6-9;/h1-4,9,13H,5-8H2;1H. The number of para-hydroxylation sites is 1. The van der Waals surface area contributed by atoms with E-state index < -0.39 is 0 Å². The Morgan fingerprint density at radius 2 is 1.87 bits per heavy atom. The second-order valence-electron chi connectivity index (χ2n) is 3.50. The molecule has 1 N–H and O–H groups in total. The molecule has 0 unspecified atom stereocenters. The summed E-state index contributed by atoms with van der Waals surface area (Å²) in [6.45, 7) is 2.15. The molecule has 1 aromatic carbocycles. The molecule has 1 saturated heterocycles. The Balaban J connectivity index is 0.00000112. The maximum absolute atomic E-state index is 5.94. The molecule has 0 bridgehead atoms. The molecule has 0 aliphatic carbocycles. The number of ether oxygens (including phenoxy) is 1. The minimum atomic E-state index is 0. The third-order valence-corrected chi connectivity index (χ3v) is 3.31. The van der Waals surface area contributed by atoms with E-state index in [1.54, 1.807) is 0 Å². The fourth-order valence-electron chi connectivity index (χ4n) is 1.63. The lowest BCUT2D eigenvalue weighted by atomic mass is 10.1. The van der Waals surface area contributed by atoms with Crippen LogP contribution < -0.4 is 10.1 Å². The molecule has 1 fully saturated rings. The molecule has 0 atom stereocenters. The van der Waals surface area contributed by atoms with Crippen molar-refractivity contribution in [3.8, 4) is 5.75 Å². The zero-order valence-corrected chi connectivity index (χ0v) is 11.4. The number of halogens is 2. The van der Waals surface area contributed by atoms with Gasteiger partial charge in [0.05, 0.1) is 3.57 Å². The van der Waals surface area contributed by atoms with E-state index in [1.165, 1.54) is 3.57 Å². The summed E-state index contributed by atoms with van der Waals surface area (Å²) in [6, 6.07) is 8.19. The highest BCUT2D eigenvalue weighted by molar-refractivity contribution is 14.1. The Morgan fingerprint density at radius 1 is 1.20 bits per heavy atom. The molecular weight excluding hydrogens is 324 g/mol. The predicted octanol–water partition coefficient (Wildman–Crippen LogP) is 2.84. The van der Waals surface area contributed by atoms with Crippen LogP contribution in [0.1, 0.15) is 12.8 Å². The fourth-order valence-corrected chi connectivity index (χ4v) is 2.15. The monoisotopic (exact) mass is 339 g/mol. The van der Waals surface area contributed by atoms with Gasteiger partial charge in [0.1, 0.15) is 11.9 Å². The van der Waals surface area contributed by atoms with Crippen molar-refractivity contribution in [1.29, 1.82) is 0 Å². The first-order valence-electron chi connectivity index (χ1n) is 4.98. The maximum atomic E-state index is 5.94. The highest BCUT2D eigenvalue weighted by atomic mass is 127. The molecule has 0 radical (unpaired) electrons. The average Bonchev–Trinajstić information content (AvgIpc) is 2.23. The largest absolute Gasteiger partial charge is 0.489 e. The summed E-state index contributed by atoms with van der Waals surface area (Å²) in [6.07, 6.45) is 2.63. The van der Waals surface area contributed by atoms with Crippen LogP contribution in [0.5, 0.6) is 5.75 Å². The summed E-state index contributed by atoms with van der Waals surface area (Å²) in [7, 11) is 0. The molecule has 0 spiro atoms. The molecule has 84 valence electrons. The molecule has 1 aliphatic heterocycles. The topological polar surface area (TPSA) is 21.3 Å². The van der Waals surface area contributed by atoms with Crippen LogP contribution in [0.4, 0.5) is 0 Å². The zero-order chi connectivity index (χ0) is 9.80. The van der Waals surface area contributed by atoms with Gasteiger partial charge >= 0.3 is 0 Å². The van der Waals surface area contributed by atoms with Gasteiger partial charge in [0.2, 0.25) is 0 Å². The lowest BCUT2D eigenvalue weighted by Crippen LogP contribution is -2.34. The van der Waals surface area contributed by atoms with Crippen LogP contribution in [0.3, 0.4) is 0 Å². The van der Waals surface area contributed by atoms with Crippen LogP contribution in [0.15, 0.2) is 24.3 Å². The molecule has 4 heteroatoms. The van der Waals surface area contributed by atoms with Gasteiger partial charge in [-0.2, -0.15) is 0 Å². The second-order valence-corrected chi connectivity index (χ2v) is 4.66. The molecule has 0 aromatic heterocycles. The van der Waals surface area contributed by atoms with E-state index in [2.05, 4.69) is 34.0 Å². The Kier molecular flexibility index (Phi) is 5.71. The molecule has 0 amide bonds. The van der Waals surface area contributed by atoms with Crippen LogP contribution in [0, 0.1) is 3.57 Å². The Hall–Kier alpha value is -0.0000000000000000208. The van der Waals surface area contributed by atoms with Gasteiger partial charge in [-0.1, -0.05) is 12.1 Å². The Labute approximate surface area is 110 Å². The number of hydrogen-bond donors (Lipinski definition) is 1. The highest BCUT2D eigenvalue weighted by Crippen LogP contribution is 2.22. The number of nitrogens with one attached hydrogen (secondary N) is 1. The van der Waals surface area contributed by atoms with Crippen LogP contribution in [-0.2, 0) is 0 Å². The van der Waals surface area contributed by atoms with Gasteiger partial charge < -0.3 is 10.1 Å². The van der Waals surface area contributed by atoms with E-state index in [9.17, 15) is 0 Å². The molecule has 1 aromatic rings. The molecule has 1 aliphatic rings. The zero-order valence-electron chi connectivity index (χ0n) is 8.41. The minimum absolute atomic E-state index is 0.